The largest absolute Gasteiger partial charge is 0.416 e. The predicted molar refractivity (Wildman–Crippen MR) is 72.5 cm³/mol. The van der Waals surface area contributed by atoms with Crippen LogP contribution in [0.1, 0.15) is 42.4 Å². The van der Waals surface area contributed by atoms with Crippen LogP contribution in [0, 0.1) is 11.8 Å². The third kappa shape index (κ3) is 1.81. The number of fused-ring (bicyclic) bond motifs is 4. The molecule has 3 aliphatic rings. The number of benzene rings is 1. The fraction of sp³-hybridized carbons (Fsp3) is 0.471. The molecule has 1 aromatic rings. The van der Waals surface area contributed by atoms with Gasteiger partial charge in [0.1, 0.15) is 0 Å². The van der Waals surface area contributed by atoms with Crippen LogP contribution < -0.4 is 0 Å². The Morgan fingerprint density at radius 1 is 1.05 bits per heavy atom. The molecule has 0 N–H and O–H groups in total. The molecule has 1 aromatic carbocycles. The first-order chi connectivity index (χ1) is 9.97. The van der Waals surface area contributed by atoms with Gasteiger partial charge in [0.15, 0.2) is 5.78 Å². The van der Waals surface area contributed by atoms with Crippen molar-refractivity contribution in [1.82, 2.24) is 0 Å². The number of hydrogen-bond donors (Lipinski definition) is 0. The second-order valence-corrected chi connectivity index (χ2v) is 6.31. The summed E-state index contributed by atoms with van der Waals surface area (Å²) in [5.74, 6) is 0.551. The van der Waals surface area contributed by atoms with Gasteiger partial charge >= 0.3 is 6.18 Å². The monoisotopic (exact) mass is 292 g/mol. The van der Waals surface area contributed by atoms with Crippen molar-refractivity contribution in [1.29, 1.82) is 0 Å². The van der Waals surface area contributed by atoms with Gasteiger partial charge in [-0.15, -0.1) is 0 Å². The van der Waals surface area contributed by atoms with E-state index in [4.69, 9.17) is 0 Å². The van der Waals surface area contributed by atoms with Gasteiger partial charge in [0.2, 0.25) is 0 Å². The molecule has 0 spiro atoms. The maximum atomic E-state index is 12.8. The van der Waals surface area contributed by atoms with Crippen molar-refractivity contribution in [3.8, 4) is 0 Å². The molecule has 1 saturated carbocycles. The van der Waals surface area contributed by atoms with Crippen LogP contribution in [0.2, 0.25) is 0 Å². The first kappa shape index (κ1) is 13.1. The average Bonchev–Trinajstić information content (AvgIpc) is 2.95. The van der Waals surface area contributed by atoms with Crippen molar-refractivity contribution in [2.75, 3.05) is 0 Å². The van der Waals surface area contributed by atoms with Gasteiger partial charge in [-0.1, -0.05) is 24.5 Å². The quantitative estimate of drug-likeness (QED) is 0.692. The van der Waals surface area contributed by atoms with Crippen LogP contribution in [0.4, 0.5) is 13.2 Å². The average molecular weight is 292 g/mol. The summed E-state index contributed by atoms with van der Waals surface area (Å²) in [5.41, 5.74) is 2.66. The number of carbonyl (C=O) groups is 1. The van der Waals surface area contributed by atoms with Crippen molar-refractivity contribution in [2.24, 2.45) is 11.8 Å². The minimum absolute atomic E-state index is 0.0965. The first-order valence-electron chi connectivity index (χ1n) is 7.44. The van der Waals surface area contributed by atoms with Crippen molar-refractivity contribution >= 4 is 11.4 Å². The molecule has 21 heavy (non-hydrogen) atoms. The molecule has 0 aliphatic heterocycles. The zero-order valence-corrected chi connectivity index (χ0v) is 11.5. The molecule has 2 unspecified atom stereocenters. The highest BCUT2D eigenvalue weighted by Gasteiger charge is 2.46. The smallest absolute Gasteiger partial charge is 0.294 e. The number of carbonyl (C=O) groups excluding carboxylic acids is 1. The van der Waals surface area contributed by atoms with Crippen LogP contribution in [-0.4, -0.2) is 5.78 Å². The van der Waals surface area contributed by atoms with Gasteiger partial charge < -0.3 is 0 Å². The number of Topliss-reactive ketones (excluding diaryl/α,β-unsaturated/α-hetero) is 1. The van der Waals surface area contributed by atoms with E-state index in [2.05, 4.69) is 0 Å². The second kappa shape index (κ2) is 4.21. The van der Waals surface area contributed by atoms with E-state index >= 15 is 0 Å². The molecule has 1 fully saturated rings. The lowest BCUT2D eigenvalue weighted by atomic mass is 9.77. The lowest BCUT2D eigenvalue weighted by Gasteiger charge is -2.26. The van der Waals surface area contributed by atoms with E-state index in [-0.39, 0.29) is 17.6 Å². The Labute approximate surface area is 120 Å². The van der Waals surface area contributed by atoms with E-state index in [1.807, 2.05) is 0 Å². The summed E-state index contributed by atoms with van der Waals surface area (Å²) in [6, 6.07) is 3.82. The molecule has 1 nitrogen and oxygen atoms in total. The highest BCUT2D eigenvalue weighted by Crippen LogP contribution is 2.52. The van der Waals surface area contributed by atoms with Gasteiger partial charge in [-0.2, -0.15) is 13.2 Å². The van der Waals surface area contributed by atoms with Crippen LogP contribution in [0.25, 0.3) is 5.57 Å². The van der Waals surface area contributed by atoms with E-state index in [0.29, 0.717) is 12.0 Å². The van der Waals surface area contributed by atoms with Gasteiger partial charge in [-0.05, 0) is 48.4 Å². The molecule has 0 radical (unpaired) electrons. The zero-order valence-electron chi connectivity index (χ0n) is 11.5. The highest BCUT2D eigenvalue weighted by atomic mass is 19.4. The molecule has 0 heterocycles. The minimum atomic E-state index is -4.32. The summed E-state index contributed by atoms with van der Waals surface area (Å²) >= 11 is 0. The fourth-order valence-electron chi connectivity index (χ4n) is 4.28. The second-order valence-electron chi connectivity index (χ2n) is 6.31. The molecule has 110 valence electrons. The predicted octanol–water partition coefficient (Wildman–Crippen LogP) is 4.40. The van der Waals surface area contributed by atoms with Crippen LogP contribution in [0.15, 0.2) is 23.8 Å². The maximum absolute atomic E-state index is 12.8. The van der Waals surface area contributed by atoms with Crippen LogP contribution in [0.5, 0.6) is 0 Å². The third-order valence-electron chi connectivity index (χ3n) is 5.20. The van der Waals surface area contributed by atoms with Crippen LogP contribution >= 0.6 is 0 Å². The molecule has 3 aliphatic carbocycles. The summed E-state index contributed by atoms with van der Waals surface area (Å²) in [6.45, 7) is 0. The summed E-state index contributed by atoms with van der Waals surface area (Å²) in [5, 5.41) is 0. The normalized spacial score (nSPS) is 27.7. The molecular weight excluding hydrogens is 277 g/mol. The maximum Gasteiger partial charge on any atom is 0.416 e. The van der Waals surface area contributed by atoms with Gasteiger partial charge in [-0.25, -0.2) is 0 Å². The highest BCUT2D eigenvalue weighted by molar-refractivity contribution is 6.26. The van der Waals surface area contributed by atoms with Crippen molar-refractivity contribution in [3.05, 3.63) is 40.5 Å². The molecular formula is C17H15F3O. The summed E-state index contributed by atoms with van der Waals surface area (Å²) < 4.78 is 38.4. The number of allylic oxidation sites excluding steroid dienone is 2. The van der Waals surface area contributed by atoms with E-state index < -0.39 is 11.7 Å². The number of rotatable bonds is 0. The topological polar surface area (TPSA) is 17.1 Å². The molecule has 0 bridgehead atoms. The van der Waals surface area contributed by atoms with Gasteiger partial charge in [0.05, 0.1) is 5.56 Å². The molecule has 4 rings (SSSR count). The molecule has 2 atom stereocenters. The van der Waals surface area contributed by atoms with Crippen molar-refractivity contribution in [2.45, 2.75) is 38.3 Å². The summed E-state index contributed by atoms with van der Waals surface area (Å²) in [4.78, 5) is 12.6. The number of halogens is 3. The molecule has 0 aromatic heterocycles. The third-order valence-corrected chi connectivity index (χ3v) is 5.20. The van der Waals surface area contributed by atoms with E-state index in [1.54, 1.807) is 0 Å². The summed E-state index contributed by atoms with van der Waals surface area (Å²) in [7, 11) is 0. The van der Waals surface area contributed by atoms with E-state index in [1.165, 1.54) is 12.1 Å². The number of alkyl halides is 3. The lowest BCUT2D eigenvalue weighted by Crippen LogP contribution is -2.23. The van der Waals surface area contributed by atoms with Gasteiger partial charge in [0, 0.05) is 11.5 Å². The van der Waals surface area contributed by atoms with Crippen LogP contribution in [-0.2, 0) is 17.4 Å². The summed E-state index contributed by atoms with van der Waals surface area (Å²) in [6.07, 6.45) is 0.367. The fourth-order valence-corrected chi connectivity index (χ4v) is 4.28. The molecule has 0 amide bonds. The van der Waals surface area contributed by atoms with Crippen molar-refractivity contribution in [3.63, 3.8) is 0 Å². The number of ketones is 1. The van der Waals surface area contributed by atoms with E-state index in [9.17, 15) is 18.0 Å². The standard InChI is InChI=1S/C17H15F3O/c18-17(19,20)10-5-6-11-9(7-10)8-14-12-3-1-2-4-13(12)16(21)15(11)14/h5-7,12-13H,1-4,8H2. The Morgan fingerprint density at radius 2 is 1.76 bits per heavy atom. The minimum Gasteiger partial charge on any atom is -0.294 e. The SMILES string of the molecule is O=C1C2=C(Cc3cc(C(F)(F)F)ccc32)C2CCCCC12. The van der Waals surface area contributed by atoms with Gasteiger partial charge in [0.25, 0.3) is 0 Å². The zero-order chi connectivity index (χ0) is 14.8. The van der Waals surface area contributed by atoms with Crippen LogP contribution in [0.3, 0.4) is 0 Å². The molecule has 0 saturated heterocycles. The Hall–Kier alpha value is -1.58. The Balaban J connectivity index is 1.76. The number of hydrogen-bond acceptors (Lipinski definition) is 1. The Kier molecular flexibility index (Phi) is 2.63. The Morgan fingerprint density at radius 3 is 2.48 bits per heavy atom. The van der Waals surface area contributed by atoms with Gasteiger partial charge in [-0.3, -0.25) is 4.79 Å². The van der Waals surface area contributed by atoms with Crippen molar-refractivity contribution < 1.29 is 18.0 Å². The first-order valence-corrected chi connectivity index (χ1v) is 7.44. The lowest BCUT2D eigenvalue weighted by molar-refractivity contribution is -0.137. The van der Waals surface area contributed by atoms with E-state index in [0.717, 1.165) is 48.5 Å². The molecule has 4 heteroatoms. The Bertz CT molecular complexity index is 669.